The van der Waals surface area contributed by atoms with Gasteiger partial charge in [-0.3, -0.25) is 4.79 Å². The third kappa shape index (κ3) is 6.29. The second-order valence-electron chi connectivity index (χ2n) is 5.23. The SMILES string of the molecule is CC(C(=O)NCCOCC(F)F)C1CCCC(N)C1. The van der Waals surface area contributed by atoms with Gasteiger partial charge in [-0.2, -0.15) is 0 Å². The van der Waals surface area contributed by atoms with Crippen molar-refractivity contribution < 1.29 is 18.3 Å². The van der Waals surface area contributed by atoms with Gasteiger partial charge in [0.2, 0.25) is 5.91 Å². The van der Waals surface area contributed by atoms with Gasteiger partial charge in [0.05, 0.1) is 6.61 Å². The first-order valence-corrected chi connectivity index (χ1v) is 6.90. The minimum atomic E-state index is -2.46. The Morgan fingerprint density at radius 3 is 2.84 bits per heavy atom. The molecule has 1 rings (SSSR count). The van der Waals surface area contributed by atoms with E-state index >= 15 is 0 Å². The summed E-state index contributed by atoms with van der Waals surface area (Å²) in [7, 11) is 0. The largest absolute Gasteiger partial charge is 0.374 e. The Balaban J connectivity index is 2.17. The maximum Gasteiger partial charge on any atom is 0.261 e. The van der Waals surface area contributed by atoms with Gasteiger partial charge < -0.3 is 15.8 Å². The molecule has 0 aromatic heterocycles. The number of carbonyl (C=O) groups excluding carboxylic acids is 1. The summed E-state index contributed by atoms with van der Waals surface area (Å²) in [5.41, 5.74) is 5.91. The number of amides is 1. The van der Waals surface area contributed by atoms with E-state index in [1.807, 2.05) is 6.92 Å². The summed E-state index contributed by atoms with van der Waals surface area (Å²) in [6.07, 6.45) is 1.56. The van der Waals surface area contributed by atoms with Gasteiger partial charge in [0.25, 0.3) is 6.43 Å². The zero-order valence-electron chi connectivity index (χ0n) is 11.4. The van der Waals surface area contributed by atoms with Gasteiger partial charge in [-0.1, -0.05) is 13.3 Å². The van der Waals surface area contributed by atoms with Crippen LogP contribution in [0.1, 0.15) is 32.6 Å². The molecule has 0 spiro atoms. The first kappa shape index (κ1) is 16.3. The highest BCUT2D eigenvalue weighted by molar-refractivity contribution is 5.78. The predicted octanol–water partition coefficient (Wildman–Crippen LogP) is 1.54. The molecule has 0 aromatic rings. The molecule has 3 atom stereocenters. The second kappa shape index (κ2) is 8.43. The first-order chi connectivity index (χ1) is 9.00. The third-order valence-electron chi connectivity index (χ3n) is 3.67. The zero-order valence-corrected chi connectivity index (χ0v) is 11.4. The normalized spacial score (nSPS) is 25.3. The number of hydrogen-bond acceptors (Lipinski definition) is 3. The predicted molar refractivity (Wildman–Crippen MR) is 68.9 cm³/mol. The Hall–Kier alpha value is -0.750. The van der Waals surface area contributed by atoms with Crippen molar-refractivity contribution in [2.75, 3.05) is 19.8 Å². The molecule has 4 nitrogen and oxygen atoms in total. The minimum absolute atomic E-state index is 0.0419. The van der Waals surface area contributed by atoms with E-state index in [9.17, 15) is 13.6 Å². The van der Waals surface area contributed by atoms with Gasteiger partial charge in [0, 0.05) is 18.5 Å². The Labute approximate surface area is 113 Å². The number of carbonyl (C=O) groups is 1. The molecule has 1 aliphatic carbocycles. The summed E-state index contributed by atoms with van der Waals surface area (Å²) in [5, 5.41) is 2.72. The van der Waals surface area contributed by atoms with E-state index in [0.717, 1.165) is 25.7 Å². The van der Waals surface area contributed by atoms with Gasteiger partial charge in [0.1, 0.15) is 6.61 Å². The molecule has 3 N–H and O–H groups in total. The van der Waals surface area contributed by atoms with Crippen LogP contribution < -0.4 is 11.1 Å². The van der Waals surface area contributed by atoms with Gasteiger partial charge in [0.15, 0.2) is 0 Å². The van der Waals surface area contributed by atoms with Crippen LogP contribution in [0.3, 0.4) is 0 Å². The molecular formula is C13H24F2N2O2. The highest BCUT2D eigenvalue weighted by Crippen LogP contribution is 2.29. The van der Waals surface area contributed by atoms with E-state index in [-0.39, 0.29) is 31.0 Å². The number of nitrogens with two attached hydrogens (primary N) is 1. The first-order valence-electron chi connectivity index (χ1n) is 6.90. The second-order valence-corrected chi connectivity index (χ2v) is 5.23. The van der Waals surface area contributed by atoms with E-state index < -0.39 is 13.0 Å². The molecule has 1 amide bonds. The highest BCUT2D eigenvalue weighted by atomic mass is 19.3. The van der Waals surface area contributed by atoms with Crippen LogP contribution in [0, 0.1) is 11.8 Å². The molecule has 112 valence electrons. The smallest absolute Gasteiger partial charge is 0.261 e. The number of rotatable bonds is 7. The van der Waals surface area contributed by atoms with E-state index in [0.29, 0.717) is 5.92 Å². The zero-order chi connectivity index (χ0) is 14.3. The number of hydrogen-bond donors (Lipinski definition) is 2. The Kier molecular flexibility index (Phi) is 7.23. The van der Waals surface area contributed by atoms with Crippen molar-refractivity contribution in [3.05, 3.63) is 0 Å². The summed E-state index contributed by atoms with van der Waals surface area (Å²) < 4.78 is 28.3. The molecule has 0 radical (unpaired) electrons. The molecule has 0 aromatic carbocycles. The Morgan fingerprint density at radius 1 is 1.47 bits per heavy atom. The number of alkyl halides is 2. The lowest BCUT2D eigenvalue weighted by Crippen LogP contribution is -2.39. The fourth-order valence-electron chi connectivity index (χ4n) is 2.51. The molecule has 19 heavy (non-hydrogen) atoms. The Morgan fingerprint density at radius 2 is 2.21 bits per heavy atom. The maximum absolute atomic E-state index is 11.9. The molecule has 0 saturated heterocycles. The van der Waals surface area contributed by atoms with Crippen LogP contribution in [-0.2, 0) is 9.53 Å². The van der Waals surface area contributed by atoms with Crippen molar-refractivity contribution in [1.29, 1.82) is 0 Å². The quantitative estimate of drug-likeness (QED) is 0.694. The topological polar surface area (TPSA) is 64.3 Å². The lowest BCUT2D eigenvalue weighted by Gasteiger charge is -2.30. The van der Waals surface area contributed by atoms with Crippen molar-refractivity contribution in [3.63, 3.8) is 0 Å². The molecule has 3 unspecified atom stereocenters. The molecular weight excluding hydrogens is 254 g/mol. The van der Waals surface area contributed by atoms with E-state index in [2.05, 4.69) is 5.32 Å². The van der Waals surface area contributed by atoms with Crippen LogP contribution in [0.2, 0.25) is 0 Å². The van der Waals surface area contributed by atoms with Crippen LogP contribution in [0.5, 0.6) is 0 Å². The van der Waals surface area contributed by atoms with Crippen molar-refractivity contribution in [2.45, 2.75) is 45.1 Å². The fraction of sp³-hybridized carbons (Fsp3) is 0.923. The van der Waals surface area contributed by atoms with Crippen LogP contribution >= 0.6 is 0 Å². The molecule has 1 fully saturated rings. The van der Waals surface area contributed by atoms with Gasteiger partial charge in [-0.05, 0) is 25.2 Å². The Bertz CT molecular complexity index is 277. The van der Waals surface area contributed by atoms with Crippen LogP contribution in [0.25, 0.3) is 0 Å². The highest BCUT2D eigenvalue weighted by Gasteiger charge is 2.28. The monoisotopic (exact) mass is 278 g/mol. The van der Waals surface area contributed by atoms with E-state index in [1.165, 1.54) is 0 Å². The number of ether oxygens (including phenoxy) is 1. The maximum atomic E-state index is 11.9. The third-order valence-corrected chi connectivity index (χ3v) is 3.67. The summed E-state index contributed by atoms with van der Waals surface area (Å²) in [4.78, 5) is 11.9. The summed E-state index contributed by atoms with van der Waals surface area (Å²) in [5.74, 6) is 0.201. The minimum Gasteiger partial charge on any atom is -0.374 e. The lowest BCUT2D eigenvalue weighted by molar-refractivity contribution is -0.126. The number of nitrogens with one attached hydrogen (secondary N) is 1. The van der Waals surface area contributed by atoms with E-state index in [1.54, 1.807) is 0 Å². The summed E-state index contributed by atoms with van der Waals surface area (Å²) in [6, 6.07) is 0.198. The fourth-order valence-corrected chi connectivity index (χ4v) is 2.51. The van der Waals surface area contributed by atoms with Crippen LogP contribution in [-0.4, -0.2) is 38.1 Å². The molecule has 0 heterocycles. The molecule has 1 saturated carbocycles. The summed E-state index contributed by atoms with van der Waals surface area (Å²) >= 11 is 0. The van der Waals surface area contributed by atoms with Crippen molar-refractivity contribution in [1.82, 2.24) is 5.32 Å². The van der Waals surface area contributed by atoms with Crippen molar-refractivity contribution in [3.8, 4) is 0 Å². The van der Waals surface area contributed by atoms with E-state index in [4.69, 9.17) is 10.5 Å². The molecule has 6 heteroatoms. The van der Waals surface area contributed by atoms with Crippen LogP contribution in [0.15, 0.2) is 0 Å². The lowest BCUT2D eigenvalue weighted by atomic mass is 9.78. The average molecular weight is 278 g/mol. The summed E-state index contributed by atoms with van der Waals surface area (Å²) in [6.45, 7) is 1.71. The standard InChI is InChI=1S/C13H24F2N2O2/c1-9(10-3-2-4-11(16)7-10)13(18)17-5-6-19-8-12(14)15/h9-12H,2-8,16H2,1H3,(H,17,18). The van der Waals surface area contributed by atoms with Crippen molar-refractivity contribution in [2.24, 2.45) is 17.6 Å². The van der Waals surface area contributed by atoms with Crippen LogP contribution in [0.4, 0.5) is 8.78 Å². The average Bonchev–Trinajstić information content (AvgIpc) is 2.36. The van der Waals surface area contributed by atoms with Crippen molar-refractivity contribution >= 4 is 5.91 Å². The van der Waals surface area contributed by atoms with Gasteiger partial charge in [-0.25, -0.2) is 8.78 Å². The molecule has 0 bridgehead atoms. The molecule has 1 aliphatic rings. The number of halogens is 2. The van der Waals surface area contributed by atoms with Gasteiger partial charge in [-0.15, -0.1) is 0 Å². The van der Waals surface area contributed by atoms with Gasteiger partial charge >= 0.3 is 0 Å². The molecule has 0 aliphatic heterocycles.